The van der Waals surface area contributed by atoms with E-state index in [-0.39, 0.29) is 11.3 Å². The van der Waals surface area contributed by atoms with E-state index in [1.165, 1.54) is 13.8 Å². The van der Waals surface area contributed by atoms with Crippen LogP contribution in [0.5, 0.6) is 0 Å². The molecule has 2 aromatic rings. The van der Waals surface area contributed by atoms with Crippen LogP contribution in [-0.4, -0.2) is 39.7 Å². The standard InChI is InChI=1S/C23H32N4O4/c1-13-19(15(3)27(8)26-13)25-20(28)16(4)31-22(30)14(2)24-21(29)17-9-11-18(12-10-17)23(5,6)7/h9-12,14,16H,1-8H3,(H,24,29)(H,25,28)/t14-,16+/m0/s1. The second-order valence-corrected chi connectivity index (χ2v) is 8.76. The Bertz CT molecular complexity index is 971. The van der Waals surface area contributed by atoms with Gasteiger partial charge in [-0.3, -0.25) is 14.3 Å². The highest BCUT2D eigenvalue weighted by Gasteiger charge is 2.25. The number of carbonyl (C=O) groups excluding carboxylic acids is 3. The maximum absolute atomic E-state index is 12.5. The minimum absolute atomic E-state index is 0.0181. The molecule has 1 heterocycles. The molecule has 8 nitrogen and oxygen atoms in total. The largest absolute Gasteiger partial charge is 0.451 e. The summed E-state index contributed by atoms with van der Waals surface area (Å²) in [5, 5.41) is 9.59. The number of hydrogen-bond acceptors (Lipinski definition) is 5. The molecule has 0 unspecified atom stereocenters. The van der Waals surface area contributed by atoms with Crippen molar-refractivity contribution in [3.05, 3.63) is 46.8 Å². The van der Waals surface area contributed by atoms with E-state index in [2.05, 4.69) is 36.5 Å². The predicted octanol–water partition coefficient (Wildman–Crippen LogP) is 3.02. The smallest absolute Gasteiger partial charge is 0.329 e. The molecule has 8 heteroatoms. The van der Waals surface area contributed by atoms with Crippen LogP contribution in [0.25, 0.3) is 0 Å². The molecule has 0 saturated carbocycles. The van der Waals surface area contributed by atoms with Crippen molar-refractivity contribution in [1.29, 1.82) is 0 Å². The Morgan fingerprint density at radius 3 is 2.13 bits per heavy atom. The first-order valence-corrected chi connectivity index (χ1v) is 10.2. The third-order valence-electron chi connectivity index (χ3n) is 5.13. The molecular formula is C23H32N4O4. The lowest BCUT2D eigenvalue weighted by molar-refractivity contribution is -0.154. The van der Waals surface area contributed by atoms with Gasteiger partial charge < -0.3 is 15.4 Å². The Hall–Kier alpha value is -3.16. The monoisotopic (exact) mass is 428 g/mol. The van der Waals surface area contributed by atoms with Crippen LogP contribution in [0.15, 0.2) is 24.3 Å². The lowest BCUT2D eigenvalue weighted by Crippen LogP contribution is -2.42. The fourth-order valence-corrected chi connectivity index (χ4v) is 2.97. The fourth-order valence-electron chi connectivity index (χ4n) is 2.97. The molecule has 0 spiro atoms. The van der Waals surface area contributed by atoms with Crippen LogP contribution in [0.1, 0.15) is 61.9 Å². The number of nitrogens with one attached hydrogen (secondary N) is 2. The topological polar surface area (TPSA) is 102 Å². The van der Waals surface area contributed by atoms with E-state index in [9.17, 15) is 14.4 Å². The summed E-state index contributed by atoms with van der Waals surface area (Å²) in [6.07, 6.45) is -1.03. The molecule has 2 amide bonds. The van der Waals surface area contributed by atoms with Crippen molar-refractivity contribution < 1.29 is 19.1 Å². The number of esters is 1. The number of anilines is 1. The Morgan fingerprint density at radius 1 is 1.06 bits per heavy atom. The van der Waals surface area contributed by atoms with E-state index in [0.29, 0.717) is 16.9 Å². The molecule has 0 saturated heterocycles. The Labute approximate surface area is 183 Å². The van der Waals surface area contributed by atoms with Crippen molar-refractivity contribution in [2.75, 3.05) is 5.32 Å². The maximum atomic E-state index is 12.5. The highest BCUT2D eigenvalue weighted by atomic mass is 16.5. The van der Waals surface area contributed by atoms with Crippen LogP contribution >= 0.6 is 0 Å². The van der Waals surface area contributed by atoms with Gasteiger partial charge in [0.1, 0.15) is 6.04 Å². The predicted molar refractivity (Wildman–Crippen MR) is 119 cm³/mol. The molecule has 2 rings (SSSR count). The van der Waals surface area contributed by atoms with Crippen molar-refractivity contribution in [3.8, 4) is 0 Å². The van der Waals surface area contributed by atoms with Gasteiger partial charge in [0.25, 0.3) is 11.8 Å². The third kappa shape index (κ3) is 5.93. The Balaban J connectivity index is 1.93. The van der Waals surface area contributed by atoms with Gasteiger partial charge in [-0.05, 0) is 50.8 Å². The van der Waals surface area contributed by atoms with Gasteiger partial charge in [-0.2, -0.15) is 5.10 Å². The molecule has 0 aliphatic rings. The Morgan fingerprint density at radius 2 is 1.65 bits per heavy atom. The van der Waals surface area contributed by atoms with Crippen molar-refractivity contribution in [3.63, 3.8) is 0 Å². The first-order chi connectivity index (χ1) is 14.3. The highest BCUT2D eigenvalue weighted by Crippen LogP contribution is 2.22. The van der Waals surface area contributed by atoms with Gasteiger partial charge in [0, 0.05) is 12.6 Å². The molecule has 0 radical (unpaired) electrons. The summed E-state index contributed by atoms with van der Waals surface area (Å²) in [7, 11) is 1.78. The van der Waals surface area contributed by atoms with Gasteiger partial charge in [0.15, 0.2) is 6.10 Å². The van der Waals surface area contributed by atoms with E-state index in [1.54, 1.807) is 30.8 Å². The second kappa shape index (κ2) is 9.32. The first-order valence-electron chi connectivity index (χ1n) is 10.2. The lowest BCUT2D eigenvalue weighted by Gasteiger charge is -2.20. The van der Waals surface area contributed by atoms with Crippen LogP contribution in [0.2, 0.25) is 0 Å². The number of aromatic nitrogens is 2. The van der Waals surface area contributed by atoms with Gasteiger partial charge in [-0.15, -0.1) is 0 Å². The average molecular weight is 429 g/mol. The molecule has 2 N–H and O–H groups in total. The molecule has 168 valence electrons. The summed E-state index contributed by atoms with van der Waals surface area (Å²) >= 11 is 0. The maximum Gasteiger partial charge on any atom is 0.329 e. The van der Waals surface area contributed by atoms with Crippen LogP contribution < -0.4 is 10.6 Å². The highest BCUT2D eigenvalue weighted by molar-refractivity contribution is 5.98. The number of ether oxygens (including phenoxy) is 1. The normalized spacial score (nSPS) is 13.3. The number of hydrogen-bond donors (Lipinski definition) is 2. The number of carbonyl (C=O) groups is 3. The van der Waals surface area contributed by atoms with E-state index >= 15 is 0 Å². The molecule has 1 aromatic heterocycles. The third-order valence-corrected chi connectivity index (χ3v) is 5.13. The van der Waals surface area contributed by atoms with Crippen molar-refractivity contribution in [1.82, 2.24) is 15.1 Å². The van der Waals surface area contributed by atoms with E-state index < -0.39 is 24.0 Å². The summed E-state index contributed by atoms with van der Waals surface area (Å²) in [5.74, 6) is -1.55. The van der Waals surface area contributed by atoms with Crippen LogP contribution in [0.4, 0.5) is 5.69 Å². The van der Waals surface area contributed by atoms with Gasteiger partial charge in [-0.25, -0.2) is 4.79 Å². The van der Waals surface area contributed by atoms with Gasteiger partial charge in [0.2, 0.25) is 0 Å². The molecule has 31 heavy (non-hydrogen) atoms. The van der Waals surface area contributed by atoms with Crippen molar-refractivity contribution >= 4 is 23.5 Å². The molecule has 0 aliphatic heterocycles. The summed E-state index contributed by atoms with van der Waals surface area (Å²) in [5.41, 5.74) is 3.59. The van der Waals surface area contributed by atoms with E-state index in [0.717, 1.165) is 11.3 Å². The molecule has 2 atom stereocenters. The first kappa shape index (κ1) is 24.1. The van der Waals surface area contributed by atoms with E-state index in [4.69, 9.17) is 4.74 Å². The van der Waals surface area contributed by atoms with Gasteiger partial charge >= 0.3 is 5.97 Å². The van der Waals surface area contributed by atoms with Crippen LogP contribution in [0, 0.1) is 13.8 Å². The zero-order valence-corrected chi connectivity index (χ0v) is 19.5. The fraction of sp³-hybridized carbons (Fsp3) is 0.478. The van der Waals surface area contributed by atoms with Gasteiger partial charge in [0.05, 0.1) is 17.1 Å². The molecule has 0 aliphatic carbocycles. The van der Waals surface area contributed by atoms with Crippen LogP contribution in [0.3, 0.4) is 0 Å². The minimum atomic E-state index is -1.03. The van der Waals surface area contributed by atoms with Crippen molar-refractivity contribution in [2.45, 2.75) is 66.0 Å². The summed E-state index contributed by atoms with van der Waals surface area (Å²) < 4.78 is 6.90. The minimum Gasteiger partial charge on any atom is -0.451 e. The van der Waals surface area contributed by atoms with E-state index in [1.807, 2.05) is 19.1 Å². The summed E-state index contributed by atoms with van der Waals surface area (Å²) in [6, 6.07) is 6.33. The number of nitrogens with zero attached hydrogens (tertiary/aromatic N) is 2. The summed E-state index contributed by atoms with van der Waals surface area (Å²) in [4.78, 5) is 37.2. The quantitative estimate of drug-likeness (QED) is 0.689. The number of rotatable bonds is 6. The average Bonchev–Trinajstić information content (AvgIpc) is 2.93. The number of benzene rings is 1. The lowest BCUT2D eigenvalue weighted by atomic mass is 9.86. The zero-order chi connectivity index (χ0) is 23.5. The molecule has 0 bridgehead atoms. The SMILES string of the molecule is Cc1nn(C)c(C)c1NC(=O)[C@@H](C)OC(=O)[C@H](C)NC(=O)c1ccc(C(C)(C)C)cc1. The second-order valence-electron chi connectivity index (χ2n) is 8.76. The Kier molecular flexibility index (Phi) is 7.25. The van der Waals surface area contributed by atoms with Crippen LogP contribution in [-0.2, 0) is 26.8 Å². The zero-order valence-electron chi connectivity index (χ0n) is 19.5. The van der Waals surface area contributed by atoms with Crippen molar-refractivity contribution in [2.24, 2.45) is 7.05 Å². The molecule has 1 aromatic carbocycles. The summed E-state index contributed by atoms with van der Waals surface area (Å²) in [6.45, 7) is 12.9. The molecular weight excluding hydrogens is 396 g/mol. The number of aryl methyl sites for hydroxylation is 2. The number of amides is 2. The molecule has 0 fully saturated rings. The van der Waals surface area contributed by atoms with Gasteiger partial charge in [-0.1, -0.05) is 32.9 Å².